The number of nitrogens with zero attached hydrogens (tertiary/aromatic N) is 1. The molecule has 0 amide bonds. The third-order valence-corrected chi connectivity index (χ3v) is 5.54. The molecule has 3 aromatic rings. The normalized spacial score (nSPS) is 15.8. The van der Waals surface area contributed by atoms with Crippen LogP contribution in [0, 0.1) is 5.41 Å². The van der Waals surface area contributed by atoms with Crippen molar-refractivity contribution in [3.63, 3.8) is 0 Å². The number of rotatable bonds is 2. The van der Waals surface area contributed by atoms with Gasteiger partial charge in [-0.1, -0.05) is 39.0 Å². The van der Waals surface area contributed by atoms with Gasteiger partial charge in [0.25, 0.3) is 5.56 Å². The lowest BCUT2D eigenvalue weighted by Crippen LogP contribution is -2.29. The Bertz CT molecular complexity index is 1170. The molecule has 0 aliphatic heterocycles. The van der Waals surface area contributed by atoms with Crippen LogP contribution in [-0.4, -0.2) is 28.2 Å². The predicted octanol–water partition coefficient (Wildman–Crippen LogP) is 3.98. The first-order valence-corrected chi connectivity index (χ1v) is 9.19. The molecule has 28 heavy (non-hydrogen) atoms. The van der Waals surface area contributed by atoms with E-state index >= 15 is 0 Å². The first kappa shape index (κ1) is 18.2. The van der Waals surface area contributed by atoms with Crippen molar-refractivity contribution in [1.29, 1.82) is 0 Å². The number of H-pyrrole nitrogens is 1. The van der Waals surface area contributed by atoms with E-state index in [-0.39, 0.29) is 16.9 Å². The van der Waals surface area contributed by atoms with E-state index in [2.05, 4.69) is 25.8 Å². The van der Waals surface area contributed by atoms with E-state index in [1.165, 1.54) is 6.07 Å². The molecule has 2 heterocycles. The number of hydrogen-bond acceptors (Lipinski definition) is 4. The summed E-state index contributed by atoms with van der Waals surface area (Å²) in [6.45, 7) is 6.37. The quantitative estimate of drug-likeness (QED) is 0.704. The summed E-state index contributed by atoms with van der Waals surface area (Å²) in [5.74, 6) is -0.715. The lowest BCUT2D eigenvalue weighted by molar-refractivity contribution is 0.0694. The summed E-state index contributed by atoms with van der Waals surface area (Å²) in [6.07, 6.45) is 0.703. The Balaban J connectivity index is 2.12. The molecule has 1 aromatic carbocycles. The van der Waals surface area contributed by atoms with E-state index in [0.29, 0.717) is 23.7 Å². The molecule has 2 aromatic heterocycles. The zero-order valence-corrected chi connectivity index (χ0v) is 16.3. The largest absolute Gasteiger partial charge is 0.481 e. The van der Waals surface area contributed by atoms with E-state index in [9.17, 15) is 14.7 Å². The molecule has 144 valence electrons. The Kier molecular flexibility index (Phi) is 4.03. The van der Waals surface area contributed by atoms with Gasteiger partial charge in [0.15, 0.2) is 0 Å². The molecule has 2 N–H and O–H groups in total. The second-order valence-electron chi connectivity index (χ2n) is 8.26. The molecule has 0 saturated heterocycles. The number of methoxy groups -OCH3 is 1. The van der Waals surface area contributed by atoms with Crippen molar-refractivity contribution in [2.24, 2.45) is 5.41 Å². The molecule has 0 fully saturated rings. The fourth-order valence-electron chi connectivity index (χ4n) is 4.12. The van der Waals surface area contributed by atoms with Gasteiger partial charge < -0.3 is 14.8 Å². The van der Waals surface area contributed by atoms with Crippen LogP contribution in [-0.2, 0) is 6.42 Å². The summed E-state index contributed by atoms with van der Waals surface area (Å²) in [4.78, 5) is 31.4. The first-order chi connectivity index (χ1) is 13.2. The minimum atomic E-state index is -1.23. The van der Waals surface area contributed by atoms with E-state index in [4.69, 9.17) is 9.72 Å². The summed E-state index contributed by atoms with van der Waals surface area (Å²) in [7, 11) is 1.57. The number of pyridine rings is 2. The average molecular weight is 378 g/mol. The molecule has 6 heteroatoms. The molecule has 0 spiro atoms. The van der Waals surface area contributed by atoms with Gasteiger partial charge >= 0.3 is 5.97 Å². The van der Waals surface area contributed by atoms with Crippen LogP contribution in [0.4, 0.5) is 0 Å². The number of ether oxygens (including phenoxy) is 1. The number of aromatic carboxylic acids is 1. The van der Waals surface area contributed by atoms with Gasteiger partial charge in [0.1, 0.15) is 5.56 Å². The lowest BCUT2D eigenvalue weighted by Gasteiger charge is -2.36. The zero-order valence-electron chi connectivity index (χ0n) is 16.3. The van der Waals surface area contributed by atoms with Crippen LogP contribution in [0.5, 0.6) is 5.88 Å². The average Bonchev–Trinajstić information content (AvgIpc) is 2.65. The summed E-state index contributed by atoms with van der Waals surface area (Å²) in [6, 6.07) is 9.43. The van der Waals surface area contributed by atoms with Crippen LogP contribution in [0.2, 0.25) is 0 Å². The van der Waals surface area contributed by atoms with Crippen LogP contribution < -0.4 is 10.3 Å². The molecule has 1 aliphatic carbocycles. The first-order valence-electron chi connectivity index (χ1n) is 9.19. The number of fused-ring (bicyclic) bond motifs is 5. The SMILES string of the molecule is COc1nc2c(c3ccccc13)C[C@@H](C(C)(C)C)c1cc(C(=O)O)c(=O)[nH]c1-2. The van der Waals surface area contributed by atoms with E-state index in [1.807, 2.05) is 24.3 Å². The fraction of sp³-hybridized carbons (Fsp3) is 0.318. The second-order valence-corrected chi connectivity index (χ2v) is 8.26. The third-order valence-electron chi connectivity index (χ3n) is 5.54. The number of carboxylic acid groups (broad SMARTS) is 1. The van der Waals surface area contributed by atoms with Crippen LogP contribution in [0.25, 0.3) is 22.2 Å². The van der Waals surface area contributed by atoms with Crippen molar-refractivity contribution in [3.8, 4) is 17.3 Å². The van der Waals surface area contributed by atoms with Gasteiger partial charge in [0.05, 0.1) is 18.5 Å². The summed E-state index contributed by atoms with van der Waals surface area (Å²) in [5.41, 5.74) is 2.08. The van der Waals surface area contributed by atoms with Gasteiger partial charge in [-0.15, -0.1) is 0 Å². The Labute approximate surface area is 162 Å². The van der Waals surface area contributed by atoms with Gasteiger partial charge in [-0.3, -0.25) is 4.79 Å². The zero-order chi connectivity index (χ0) is 20.2. The van der Waals surface area contributed by atoms with Crippen LogP contribution in [0.15, 0.2) is 35.1 Å². The number of aromatic nitrogens is 2. The van der Waals surface area contributed by atoms with E-state index in [0.717, 1.165) is 21.9 Å². The highest BCUT2D eigenvalue weighted by Crippen LogP contribution is 2.48. The molecule has 4 rings (SSSR count). The van der Waals surface area contributed by atoms with Gasteiger partial charge in [-0.2, -0.15) is 0 Å². The number of aromatic amines is 1. The topological polar surface area (TPSA) is 92.3 Å². The molecular weight excluding hydrogens is 356 g/mol. The van der Waals surface area contributed by atoms with E-state index in [1.54, 1.807) is 7.11 Å². The monoisotopic (exact) mass is 378 g/mol. The number of carboxylic acids is 1. The maximum atomic E-state index is 12.4. The Morgan fingerprint density at radius 1 is 1.25 bits per heavy atom. The molecular formula is C22H22N2O4. The van der Waals surface area contributed by atoms with Crippen LogP contribution >= 0.6 is 0 Å². The van der Waals surface area contributed by atoms with Crippen molar-refractivity contribution in [3.05, 3.63) is 57.4 Å². The predicted molar refractivity (Wildman–Crippen MR) is 107 cm³/mol. The lowest BCUT2D eigenvalue weighted by atomic mass is 9.69. The minimum Gasteiger partial charge on any atom is -0.481 e. The van der Waals surface area contributed by atoms with Crippen molar-refractivity contribution in [2.75, 3.05) is 7.11 Å². The summed E-state index contributed by atoms with van der Waals surface area (Å²) < 4.78 is 5.50. The van der Waals surface area contributed by atoms with Gasteiger partial charge in [-0.05, 0) is 46.4 Å². The molecule has 1 aliphatic rings. The summed E-state index contributed by atoms with van der Waals surface area (Å²) >= 11 is 0. The molecule has 0 radical (unpaired) electrons. The second kappa shape index (κ2) is 6.19. The standard InChI is InChI=1S/C22H22N2O4/c1-22(2,3)16-10-13-11-7-5-6-8-12(11)20(28-4)24-17(13)18-14(16)9-15(21(26)27)19(25)23-18/h5-9,16H,10H2,1-4H3,(H,23,25)(H,26,27)/t16-/m1/s1. The van der Waals surface area contributed by atoms with Gasteiger partial charge in [0, 0.05) is 5.39 Å². The van der Waals surface area contributed by atoms with Crippen LogP contribution in [0.3, 0.4) is 0 Å². The fourth-order valence-corrected chi connectivity index (χ4v) is 4.12. The highest BCUT2D eigenvalue weighted by molar-refractivity contribution is 5.95. The van der Waals surface area contributed by atoms with Crippen molar-refractivity contribution in [1.82, 2.24) is 9.97 Å². The smallest absolute Gasteiger partial charge is 0.341 e. The third kappa shape index (κ3) is 2.68. The van der Waals surface area contributed by atoms with Crippen molar-refractivity contribution >= 4 is 16.7 Å². The van der Waals surface area contributed by atoms with Crippen molar-refractivity contribution < 1.29 is 14.6 Å². The van der Waals surface area contributed by atoms with E-state index < -0.39 is 11.5 Å². The maximum Gasteiger partial charge on any atom is 0.341 e. The number of nitrogens with one attached hydrogen (secondary N) is 1. The highest BCUT2D eigenvalue weighted by Gasteiger charge is 2.36. The van der Waals surface area contributed by atoms with Gasteiger partial charge in [0.2, 0.25) is 5.88 Å². The van der Waals surface area contributed by atoms with Crippen LogP contribution in [0.1, 0.15) is 48.2 Å². The molecule has 1 atom stereocenters. The Hall–Kier alpha value is -3.15. The van der Waals surface area contributed by atoms with Crippen molar-refractivity contribution in [2.45, 2.75) is 33.1 Å². The summed E-state index contributed by atoms with van der Waals surface area (Å²) in [5, 5.41) is 11.4. The Morgan fingerprint density at radius 3 is 2.54 bits per heavy atom. The van der Waals surface area contributed by atoms with Gasteiger partial charge in [-0.25, -0.2) is 9.78 Å². The highest BCUT2D eigenvalue weighted by atomic mass is 16.5. The molecule has 6 nitrogen and oxygen atoms in total. The number of benzene rings is 1. The number of carbonyl (C=O) groups is 1. The number of hydrogen-bond donors (Lipinski definition) is 2. The Morgan fingerprint density at radius 2 is 1.93 bits per heavy atom. The molecule has 0 bridgehead atoms. The molecule has 0 saturated carbocycles. The minimum absolute atomic E-state index is 0.0311. The molecule has 0 unspecified atom stereocenters. The maximum absolute atomic E-state index is 12.4.